The van der Waals surface area contributed by atoms with E-state index in [0.717, 1.165) is 0 Å². The van der Waals surface area contributed by atoms with Crippen LogP contribution in [0, 0.1) is 12.7 Å². The highest BCUT2D eigenvalue weighted by Crippen LogP contribution is 2.26. The fourth-order valence-corrected chi connectivity index (χ4v) is 3.12. The first-order valence-electron chi connectivity index (χ1n) is 9.83. The number of carbonyl (C=O) groups is 2. The maximum Gasteiger partial charge on any atom is 0.358 e. The minimum atomic E-state index is -0.490. The van der Waals surface area contributed by atoms with Crippen molar-refractivity contribution in [3.05, 3.63) is 83.6 Å². The lowest BCUT2D eigenvalue weighted by Crippen LogP contribution is -2.13. The molecule has 2 aromatic heterocycles. The zero-order valence-electron chi connectivity index (χ0n) is 17.3. The summed E-state index contributed by atoms with van der Waals surface area (Å²) in [5.74, 6) is -0.927. The molecule has 8 nitrogen and oxygen atoms in total. The van der Waals surface area contributed by atoms with Crippen LogP contribution in [-0.2, 0) is 4.74 Å². The van der Waals surface area contributed by atoms with Gasteiger partial charge in [0.05, 0.1) is 12.3 Å². The number of amides is 1. The van der Waals surface area contributed by atoms with Crippen molar-refractivity contribution in [2.24, 2.45) is 0 Å². The molecular weight excluding hydrogens is 415 g/mol. The molecule has 4 aromatic rings. The standard InChI is InChI=1S/C23H19FN4O4/c1-3-31-23(30)19-12-13-28(26-19)18-10-8-17(9-11-18)25-22(29)20-14(2)32-27-21(20)15-4-6-16(24)7-5-15/h4-13H,3H2,1-2H3,(H,25,29). The van der Waals surface area contributed by atoms with E-state index in [2.05, 4.69) is 15.6 Å². The maximum absolute atomic E-state index is 13.2. The van der Waals surface area contributed by atoms with Crippen molar-refractivity contribution in [1.29, 1.82) is 0 Å². The Kier molecular flexibility index (Phi) is 5.80. The van der Waals surface area contributed by atoms with E-state index in [1.54, 1.807) is 50.4 Å². The zero-order chi connectivity index (χ0) is 22.7. The molecule has 0 aliphatic carbocycles. The first kappa shape index (κ1) is 21.0. The monoisotopic (exact) mass is 434 g/mol. The highest BCUT2D eigenvalue weighted by Gasteiger charge is 2.22. The van der Waals surface area contributed by atoms with Crippen LogP contribution in [0.1, 0.15) is 33.5 Å². The van der Waals surface area contributed by atoms with Crippen molar-refractivity contribution in [1.82, 2.24) is 14.9 Å². The molecule has 0 bridgehead atoms. The number of hydrogen-bond donors (Lipinski definition) is 1. The number of aryl methyl sites for hydroxylation is 1. The lowest BCUT2D eigenvalue weighted by atomic mass is 10.1. The van der Waals surface area contributed by atoms with Gasteiger partial charge in [0.2, 0.25) is 0 Å². The Morgan fingerprint density at radius 3 is 2.50 bits per heavy atom. The smallest absolute Gasteiger partial charge is 0.358 e. The predicted molar refractivity (Wildman–Crippen MR) is 114 cm³/mol. The average Bonchev–Trinajstić information content (AvgIpc) is 3.42. The molecule has 0 aliphatic rings. The number of esters is 1. The normalized spacial score (nSPS) is 10.7. The molecule has 0 spiro atoms. The average molecular weight is 434 g/mol. The first-order valence-corrected chi connectivity index (χ1v) is 9.83. The van der Waals surface area contributed by atoms with Crippen LogP contribution < -0.4 is 5.32 Å². The molecule has 0 unspecified atom stereocenters. The highest BCUT2D eigenvalue weighted by molar-refractivity contribution is 6.08. The van der Waals surface area contributed by atoms with Crippen molar-refractivity contribution in [2.45, 2.75) is 13.8 Å². The number of hydrogen-bond acceptors (Lipinski definition) is 6. The van der Waals surface area contributed by atoms with E-state index < -0.39 is 11.9 Å². The van der Waals surface area contributed by atoms with Gasteiger partial charge in [-0.2, -0.15) is 5.10 Å². The predicted octanol–water partition coefficient (Wildman–Crippen LogP) is 4.40. The number of carbonyl (C=O) groups excluding carboxylic acids is 2. The van der Waals surface area contributed by atoms with E-state index in [4.69, 9.17) is 9.26 Å². The number of ether oxygens (including phenoxy) is 1. The van der Waals surface area contributed by atoms with Gasteiger partial charge in [0.15, 0.2) is 5.69 Å². The maximum atomic E-state index is 13.2. The van der Waals surface area contributed by atoms with Crippen LogP contribution in [0.4, 0.5) is 10.1 Å². The molecule has 0 saturated carbocycles. The fourth-order valence-electron chi connectivity index (χ4n) is 3.12. The molecule has 1 N–H and O–H groups in total. The fraction of sp³-hybridized carbons (Fsp3) is 0.130. The quantitative estimate of drug-likeness (QED) is 0.452. The van der Waals surface area contributed by atoms with Gasteiger partial charge in [-0.15, -0.1) is 0 Å². The van der Waals surface area contributed by atoms with Crippen molar-refractivity contribution in [2.75, 3.05) is 11.9 Å². The van der Waals surface area contributed by atoms with Gasteiger partial charge in [-0.05, 0) is 68.4 Å². The molecule has 4 rings (SSSR count). The minimum Gasteiger partial charge on any atom is -0.461 e. The van der Waals surface area contributed by atoms with Gasteiger partial charge in [-0.25, -0.2) is 13.9 Å². The van der Waals surface area contributed by atoms with Gasteiger partial charge >= 0.3 is 5.97 Å². The topological polar surface area (TPSA) is 99.2 Å². The Labute approximate surface area is 182 Å². The number of nitrogens with zero attached hydrogens (tertiary/aromatic N) is 3. The molecular formula is C23H19FN4O4. The summed E-state index contributed by atoms with van der Waals surface area (Å²) < 4.78 is 24.9. The molecule has 9 heteroatoms. The summed E-state index contributed by atoms with van der Waals surface area (Å²) in [4.78, 5) is 24.7. The Balaban J connectivity index is 1.51. The van der Waals surface area contributed by atoms with Gasteiger partial charge in [-0.3, -0.25) is 4.79 Å². The van der Waals surface area contributed by atoms with Gasteiger partial charge in [-0.1, -0.05) is 5.16 Å². The molecule has 32 heavy (non-hydrogen) atoms. The third kappa shape index (κ3) is 4.27. The van der Waals surface area contributed by atoms with Crippen molar-refractivity contribution >= 4 is 17.6 Å². The third-order valence-electron chi connectivity index (χ3n) is 4.67. The van der Waals surface area contributed by atoms with E-state index in [9.17, 15) is 14.0 Å². The van der Waals surface area contributed by atoms with Crippen LogP contribution in [0.2, 0.25) is 0 Å². The number of anilines is 1. The lowest BCUT2D eigenvalue weighted by molar-refractivity contribution is 0.0519. The summed E-state index contributed by atoms with van der Waals surface area (Å²) in [6.45, 7) is 3.64. The summed E-state index contributed by atoms with van der Waals surface area (Å²) in [5, 5.41) is 11.0. The van der Waals surface area contributed by atoms with E-state index in [1.165, 1.54) is 28.9 Å². The van der Waals surface area contributed by atoms with E-state index in [1.807, 2.05) is 0 Å². The zero-order valence-corrected chi connectivity index (χ0v) is 17.3. The van der Waals surface area contributed by atoms with Crippen LogP contribution in [0.15, 0.2) is 65.3 Å². The molecule has 2 heterocycles. The highest BCUT2D eigenvalue weighted by atomic mass is 19.1. The Hall–Kier alpha value is -4.27. The van der Waals surface area contributed by atoms with Gasteiger partial charge in [0, 0.05) is 17.4 Å². The summed E-state index contributed by atoms with van der Waals surface area (Å²) >= 11 is 0. The number of rotatable bonds is 6. The first-order chi connectivity index (χ1) is 15.5. The van der Waals surface area contributed by atoms with E-state index >= 15 is 0 Å². The molecule has 0 fully saturated rings. The van der Waals surface area contributed by atoms with Crippen molar-refractivity contribution < 1.29 is 23.2 Å². The van der Waals surface area contributed by atoms with Gasteiger partial charge < -0.3 is 14.6 Å². The summed E-state index contributed by atoms with van der Waals surface area (Å²) in [6, 6.07) is 14.1. The van der Waals surface area contributed by atoms with E-state index in [0.29, 0.717) is 28.4 Å². The second-order valence-electron chi connectivity index (χ2n) is 6.84. The van der Waals surface area contributed by atoms with Crippen LogP contribution in [-0.4, -0.2) is 33.4 Å². The number of halogens is 1. The van der Waals surface area contributed by atoms with Crippen LogP contribution >= 0.6 is 0 Å². The Morgan fingerprint density at radius 1 is 1.09 bits per heavy atom. The number of aromatic nitrogens is 3. The third-order valence-corrected chi connectivity index (χ3v) is 4.67. The van der Waals surface area contributed by atoms with Crippen LogP contribution in [0.3, 0.4) is 0 Å². The molecule has 1 amide bonds. The van der Waals surface area contributed by atoms with Gasteiger partial charge in [0.25, 0.3) is 5.91 Å². The molecule has 0 radical (unpaired) electrons. The molecule has 2 aromatic carbocycles. The second kappa shape index (κ2) is 8.84. The summed E-state index contributed by atoms with van der Waals surface area (Å²) in [6.07, 6.45) is 1.65. The molecule has 0 atom stereocenters. The van der Waals surface area contributed by atoms with E-state index in [-0.39, 0.29) is 23.7 Å². The Bertz CT molecular complexity index is 1260. The number of nitrogens with one attached hydrogen (secondary N) is 1. The Morgan fingerprint density at radius 2 is 1.81 bits per heavy atom. The van der Waals surface area contributed by atoms with Crippen LogP contribution in [0.25, 0.3) is 16.9 Å². The SMILES string of the molecule is CCOC(=O)c1ccn(-c2ccc(NC(=O)c3c(-c4ccc(F)cc4)noc3C)cc2)n1. The summed E-state index contributed by atoms with van der Waals surface area (Å²) in [5.41, 5.74) is 2.63. The largest absolute Gasteiger partial charge is 0.461 e. The molecule has 0 saturated heterocycles. The number of benzene rings is 2. The van der Waals surface area contributed by atoms with Crippen LogP contribution in [0.5, 0.6) is 0 Å². The van der Waals surface area contributed by atoms with Gasteiger partial charge in [0.1, 0.15) is 22.8 Å². The molecule has 162 valence electrons. The lowest BCUT2D eigenvalue weighted by Gasteiger charge is -2.07. The van der Waals surface area contributed by atoms with Crippen molar-refractivity contribution in [3.8, 4) is 16.9 Å². The second-order valence-corrected chi connectivity index (χ2v) is 6.84. The summed E-state index contributed by atoms with van der Waals surface area (Å²) in [7, 11) is 0. The minimum absolute atomic E-state index is 0.209. The molecule has 0 aliphatic heterocycles. The van der Waals surface area contributed by atoms with Crippen molar-refractivity contribution in [3.63, 3.8) is 0 Å².